The quantitative estimate of drug-likeness (QED) is 0.854. The zero-order valence-corrected chi connectivity index (χ0v) is 12.5. The molecule has 0 heterocycles. The Hall–Kier alpha value is -0.540. The van der Waals surface area contributed by atoms with E-state index >= 15 is 0 Å². The van der Waals surface area contributed by atoms with Gasteiger partial charge in [0, 0.05) is 23.2 Å². The van der Waals surface area contributed by atoms with Crippen molar-refractivity contribution in [3.05, 3.63) is 28.2 Å². The van der Waals surface area contributed by atoms with Crippen molar-refractivity contribution in [3.8, 4) is 0 Å². The van der Waals surface area contributed by atoms with Crippen molar-refractivity contribution in [2.45, 2.75) is 39.7 Å². The van der Waals surface area contributed by atoms with Crippen molar-refractivity contribution in [2.24, 2.45) is 0 Å². The van der Waals surface area contributed by atoms with Crippen LogP contribution in [0.3, 0.4) is 0 Å². The van der Waals surface area contributed by atoms with Crippen LogP contribution in [-0.4, -0.2) is 18.2 Å². The number of aliphatic hydroxyl groups excluding tert-OH is 1. The predicted octanol–water partition coefficient (Wildman–Crippen LogP) is 4.13. The van der Waals surface area contributed by atoms with Crippen LogP contribution in [0.15, 0.2) is 22.7 Å². The van der Waals surface area contributed by atoms with Crippen molar-refractivity contribution in [1.82, 2.24) is 0 Å². The van der Waals surface area contributed by atoms with Crippen LogP contribution in [-0.2, 0) is 0 Å². The van der Waals surface area contributed by atoms with Gasteiger partial charge in [-0.3, -0.25) is 0 Å². The van der Waals surface area contributed by atoms with Crippen molar-refractivity contribution < 1.29 is 5.11 Å². The first-order chi connectivity index (χ1) is 8.10. The fourth-order valence-corrected chi connectivity index (χ4v) is 2.66. The van der Waals surface area contributed by atoms with Gasteiger partial charge in [0.1, 0.15) is 0 Å². The molecule has 0 spiro atoms. The summed E-state index contributed by atoms with van der Waals surface area (Å²) in [6, 6.07) is 6.20. The van der Waals surface area contributed by atoms with E-state index in [1.807, 2.05) is 6.07 Å². The summed E-state index contributed by atoms with van der Waals surface area (Å²) in [6.45, 7) is 8.34. The first-order valence-corrected chi connectivity index (χ1v) is 7.11. The Morgan fingerprint density at radius 3 is 2.24 bits per heavy atom. The second-order valence-corrected chi connectivity index (χ2v) is 5.22. The van der Waals surface area contributed by atoms with Gasteiger partial charge >= 0.3 is 0 Å². The minimum atomic E-state index is -0.427. The van der Waals surface area contributed by atoms with Crippen molar-refractivity contribution in [2.75, 3.05) is 18.0 Å². The van der Waals surface area contributed by atoms with Gasteiger partial charge in [0.15, 0.2) is 0 Å². The Morgan fingerprint density at radius 1 is 1.24 bits per heavy atom. The summed E-state index contributed by atoms with van der Waals surface area (Å²) in [4.78, 5) is 2.39. The second kappa shape index (κ2) is 7.02. The molecule has 1 aromatic carbocycles. The van der Waals surface area contributed by atoms with Gasteiger partial charge in [-0.2, -0.15) is 0 Å². The molecule has 0 amide bonds. The van der Waals surface area contributed by atoms with Gasteiger partial charge in [0.2, 0.25) is 0 Å². The third-order valence-electron chi connectivity index (χ3n) is 2.79. The fraction of sp³-hybridized carbons (Fsp3) is 0.571. The minimum Gasteiger partial charge on any atom is -0.389 e. The zero-order chi connectivity index (χ0) is 12.8. The Kier molecular flexibility index (Phi) is 6.00. The minimum absolute atomic E-state index is 0.427. The Balaban J connectivity index is 2.93. The predicted molar refractivity (Wildman–Crippen MR) is 77.6 cm³/mol. The Labute approximate surface area is 113 Å². The lowest BCUT2D eigenvalue weighted by Gasteiger charge is -2.24. The highest BCUT2D eigenvalue weighted by Crippen LogP contribution is 2.28. The average Bonchev–Trinajstić information content (AvgIpc) is 2.28. The average molecular weight is 300 g/mol. The maximum Gasteiger partial charge on any atom is 0.0772 e. The normalized spacial score (nSPS) is 12.5. The molecule has 0 saturated carbocycles. The van der Waals surface area contributed by atoms with E-state index < -0.39 is 6.10 Å². The Bertz CT molecular complexity index is 346. The van der Waals surface area contributed by atoms with Gasteiger partial charge in [-0.1, -0.05) is 35.8 Å². The molecule has 1 aromatic rings. The maximum atomic E-state index is 9.60. The molecule has 0 fully saturated rings. The molecule has 0 aromatic heterocycles. The molecule has 3 heteroatoms. The van der Waals surface area contributed by atoms with Crippen molar-refractivity contribution in [1.29, 1.82) is 0 Å². The highest BCUT2D eigenvalue weighted by molar-refractivity contribution is 9.10. The fourth-order valence-electron chi connectivity index (χ4n) is 1.96. The number of aliphatic hydroxyl groups is 1. The first kappa shape index (κ1) is 14.5. The summed E-state index contributed by atoms with van der Waals surface area (Å²) in [5.74, 6) is 0. The number of anilines is 1. The third kappa shape index (κ3) is 4.00. The van der Waals surface area contributed by atoms with Crippen molar-refractivity contribution >= 4 is 21.6 Å². The molecule has 0 radical (unpaired) electrons. The number of benzene rings is 1. The lowest BCUT2D eigenvalue weighted by molar-refractivity contribution is 0.198. The SMILES string of the molecule is CCCN(CCC)c1ccc(C(C)O)c(Br)c1. The van der Waals surface area contributed by atoms with Gasteiger partial charge in [0.25, 0.3) is 0 Å². The third-order valence-corrected chi connectivity index (χ3v) is 3.47. The summed E-state index contributed by atoms with van der Waals surface area (Å²) >= 11 is 3.53. The summed E-state index contributed by atoms with van der Waals surface area (Å²) in [5.41, 5.74) is 2.17. The number of halogens is 1. The number of rotatable bonds is 6. The monoisotopic (exact) mass is 299 g/mol. The molecule has 96 valence electrons. The van der Waals surface area contributed by atoms with E-state index in [9.17, 15) is 5.11 Å². The van der Waals surface area contributed by atoms with E-state index in [1.165, 1.54) is 5.69 Å². The van der Waals surface area contributed by atoms with E-state index in [0.717, 1.165) is 36.0 Å². The van der Waals surface area contributed by atoms with Crippen LogP contribution < -0.4 is 4.90 Å². The number of hydrogen-bond donors (Lipinski definition) is 1. The molecule has 0 bridgehead atoms. The van der Waals surface area contributed by atoms with Crippen LogP contribution in [0.1, 0.15) is 45.3 Å². The molecule has 0 aliphatic heterocycles. The van der Waals surface area contributed by atoms with Crippen molar-refractivity contribution in [3.63, 3.8) is 0 Å². The molecule has 1 unspecified atom stereocenters. The van der Waals surface area contributed by atoms with E-state index in [1.54, 1.807) is 6.92 Å². The standard InChI is InChI=1S/C14H22BrNO/c1-4-8-16(9-5-2)12-6-7-13(11(3)17)14(15)10-12/h6-7,10-11,17H,4-5,8-9H2,1-3H3. The lowest BCUT2D eigenvalue weighted by Crippen LogP contribution is -2.24. The molecule has 1 atom stereocenters. The molecule has 0 aliphatic carbocycles. The summed E-state index contributed by atoms with van der Waals surface area (Å²) < 4.78 is 0.988. The summed E-state index contributed by atoms with van der Waals surface area (Å²) in [7, 11) is 0. The van der Waals surface area contributed by atoms with Crippen LogP contribution >= 0.6 is 15.9 Å². The largest absolute Gasteiger partial charge is 0.389 e. The van der Waals surface area contributed by atoms with Gasteiger partial charge in [-0.15, -0.1) is 0 Å². The molecule has 0 saturated heterocycles. The van der Waals surface area contributed by atoms with Crippen LogP contribution in [0.5, 0.6) is 0 Å². The van der Waals surface area contributed by atoms with Crippen LogP contribution in [0.2, 0.25) is 0 Å². The second-order valence-electron chi connectivity index (χ2n) is 4.37. The lowest BCUT2D eigenvalue weighted by atomic mass is 10.1. The van der Waals surface area contributed by atoms with Gasteiger partial charge < -0.3 is 10.0 Å². The van der Waals surface area contributed by atoms with Crippen LogP contribution in [0.25, 0.3) is 0 Å². The number of nitrogens with zero attached hydrogens (tertiary/aromatic N) is 1. The maximum absolute atomic E-state index is 9.60. The summed E-state index contributed by atoms with van der Waals surface area (Å²) in [6.07, 6.45) is 1.87. The Morgan fingerprint density at radius 2 is 1.82 bits per heavy atom. The van der Waals surface area contributed by atoms with E-state index in [0.29, 0.717) is 0 Å². The first-order valence-electron chi connectivity index (χ1n) is 6.32. The summed E-state index contributed by atoms with van der Waals surface area (Å²) in [5, 5.41) is 9.60. The zero-order valence-electron chi connectivity index (χ0n) is 10.9. The van der Waals surface area contributed by atoms with Gasteiger partial charge in [0.05, 0.1) is 6.10 Å². The van der Waals surface area contributed by atoms with E-state index in [-0.39, 0.29) is 0 Å². The highest BCUT2D eigenvalue weighted by atomic mass is 79.9. The molecule has 1 rings (SSSR count). The van der Waals surface area contributed by atoms with Gasteiger partial charge in [-0.05, 0) is 37.5 Å². The molecule has 0 aliphatic rings. The van der Waals surface area contributed by atoms with Gasteiger partial charge in [-0.25, -0.2) is 0 Å². The molecule has 1 N–H and O–H groups in total. The molecular weight excluding hydrogens is 278 g/mol. The highest BCUT2D eigenvalue weighted by Gasteiger charge is 2.10. The molecule has 2 nitrogen and oxygen atoms in total. The van der Waals surface area contributed by atoms with E-state index in [2.05, 4.69) is 46.8 Å². The van der Waals surface area contributed by atoms with Crippen LogP contribution in [0, 0.1) is 0 Å². The van der Waals surface area contributed by atoms with E-state index in [4.69, 9.17) is 0 Å². The topological polar surface area (TPSA) is 23.5 Å². The molecular formula is C14H22BrNO. The number of hydrogen-bond acceptors (Lipinski definition) is 2. The van der Waals surface area contributed by atoms with Crippen LogP contribution in [0.4, 0.5) is 5.69 Å². The smallest absolute Gasteiger partial charge is 0.0772 e. The molecule has 17 heavy (non-hydrogen) atoms.